The van der Waals surface area contributed by atoms with Gasteiger partial charge in [0, 0.05) is 19.6 Å². The fraction of sp³-hybridized carbons (Fsp3) is 0.818. The number of aliphatic hydroxyl groups excluding tert-OH is 1. The Balaban J connectivity index is 2.20. The van der Waals surface area contributed by atoms with E-state index in [4.69, 9.17) is 5.73 Å². The summed E-state index contributed by atoms with van der Waals surface area (Å²) < 4.78 is 0. The second-order valence-electron chi connectivity index (χ2n) is 5.21. The van der Waals surface area contributed by atoms with Crippen molar-refractivity contribution in [2.75, 3.05) is 33.2 Å². The Labute approximate surface area is 106 Å². The minimum atomic E-state index is -0.973. The molecule has 18 heavy (non-hydrogen) atoms. The van der Waals surface area contributed by atoms with E-state index in [1.54, 1.807) is 0 Å². The van der Waals surface area contributed by atoms with Crippen molar-refractivity contribution in [2.45, 2.75) is 24.6 Å². The number of carbonyl (C=O) groups excluding carboxylic acids is 2. The summed E-state index contributed by atoms with van der Waals surface area (Å²) in [5.74, 6) is -0.492. The SMILES string of the molecule is C[C@H](O)[C@@H](N)C(=O)N1CCN(C)CC12CNC2=O. The molecule has 2 saturated heterocycles. The maximum Gasteiger partial charge on any atom is 0.249 e. The highest BCUT2D eigenvalue weighted by molar-refractivity contribution is 5.98. The molecular formula is C11H20N4O3. The Morgan fingerprint density at radius 1 is 1.56 bits per heavy atom. The van der Waals surface area contributed by atoms with Crippen molar-refractivity contribution in [3.05, 3.63) is 0 Å². The van der Waals surface area contributed by atoms with Crippen molar-refractivity contribution in [1.29, 1.82) is 0 Å². The van der Waals surface area contributed by atoms with Crippen molar-refractivity contribution < 1.29 is 14.7 Å². The molecule has 7 nitrogen and oxygen atoms in total. The number of likely N-dealkylation sites (N-methyl/N-ethyl adjacent to an activating group) is 1. The first-order chi connectivity index (χ1) is 8.38. The highest BCUT2D eigenvalue weighted by atomic mass is 16.3. The van der Waals surface area contributed by atoms with Gasteiger partial charge in [0.25, 0.3) is 0 Å². The third-order valence-corrected chi connectivity index (χ3v) is 3.79. The van der Waals surface area contributed by atoms with E-state index in [0.29, 0.717) is 26.2 Å². The number of nitrogens with one attached hydrogen (secondary N) is 1. The number of nitrogens with zero attached hydrogens (tertiary/aromatic N) is 2. The summed E-state index contributed by atoms with van der Waals surface area (Å²) in [6.45, 7) is 3.61. The normalized spacial score (nSPS) is 31.8. The summed E-state index contributed by atoms with van der Waals surface area (Å²) in [6, 6.07) is -0.973. The lowest BCUT2D eigenvalue weighted by Crippen LogP contribution is -2.81. The third-order valence-electron chi connectivity index (χ3n) is 3.79. The van der Waals surface area contributed by atoms with Gasteiger partial charge in [-0.1, -0.05) is 0 Å². The molecule has 1 unspecified atom stereocenters. The van der Waals surface area contributed by atoms with E-state index in [-0.39, 0.29) is 11.8 Å². The van der Waals surface area contributed by atoms with E-state index in [1.165, 1.54) is 11.8 Å². The topological polar surface area (TPSA) is 98.9 Å². The average molecular weight is 256 g/mol. The summed E-state index contributed by atoms with van der Waals surface area (Å²) >= 11 is 0. The molecule has 0 aromatic heterocycles. The molecule has 0 aromatic rings. The van der Waals surface area contributed by atoms with Gasteiger partial charge in [-0.2, -0.15) is 0 Å². The fourth-order valence-electron chi connectivity index (χ4n) is 2.51. The van der Waals surface area contributed by atoms with Crippen molar-refractivity contribution in [3.63, 3.8) is 0 Å². The average Bonchev–Trinajstić information content (AvgIpc) is 2.34. The summed E-state index contributed by atoms with van der Waals surface area (Å²) in [6.07, 6.45) is -0.919. The summed E-state index contributed by atoms with van der Waals surface area (Å²) in [5.41, 5.74) is 4.89. The number of amides is 2. The zero-order chi connectivity index (χ0) is 13.5. The Morgan fingerprint density at radius 3 is 2.67 bits per heavy atom. The lowest BCUT2D eigenvalue weighted by Gasteiger charge is -2.54. The predicted molar refractivity (Wildman–Crippen MR) is 64.6 cm³/mol. The molecule has 4 N–H and O–H groups in total. The fourth-order valence-corrected chi connectivity index (χ4v) is 2.51. The molecule has 0 radical (unpaired) electrons. The van der Waals surface area contributed by atoms with Gasteiger partial charge in [0.2, 0.25) is 11.8 Å². The number of piperazine rings is 1. The number of aliphatic hydroxyl groups is 1. The van der Waals surface area contributed by atoms with E-state index >= 15 is 0 Å². The van der Waals surface area contributed by atoms with Gasteiger partial charge >= 0.3 is 0 Å². The number of nitrogens with two attached hydrogens (primary N) is 1. The predicted octanol–water partition coefficient (Wildman–Crippen LogP) is -2.66. The van der Waals surface area contributed by atoms with Crippen LogP contribution in [0.15, 0.2) is 0 Å². The van der Waals surface area contributed by atoms with Crippen molar-refractivity contribution >= 4 is 11.8 Å². The summed E-state index contributed by atoms with van der Waals surface area (Å²) in [4.78, 5) is 27.6. The molecule has 0 bridgehead atoms. The molecule has 1 spiro atoms. The number of hydrogen-bond acceptors (Lipinski definition) is 5. The molecule has 2 rings (SSSR count). The van der Waals surface area contributed by atoms with E-state index < -0.39 is 17.7 Å². The largest absolute Gasteiger partial charge is 0.391 e. The molecule has 2 heterocycles. The van der Waals surface area contributed by atoms with Gasteiger partial charge in [-0.15, -0.1) is 0 Å². The van der Waals surface area contributed by atoms with Crippen LogP contribution in [0.3, 0.4) is 0 Å². The number of carbonyl (C=O) groups is 2. The Morgan fingerprint density at radius 2 is 2.22 bits per heavy atom. The van der Waals surface area contributed by atoms with Crippen LogP contribution >= 0.6 is 0 Å². The number of hydrogen-bond donors (Lipinski definition) is 3. The highest BCUT2D eigenvalue weighted by Gasteiger charge is 2.55. The van der Waals surface area contributed by atoms with Crippen LogP contribution in [-0.4, -0.2) is 77.6 Å². The van der Waals surface area contributed by atoms with Crippen LogP contribution in [0.1, 0.15) is 6.92 Å². The van der Waals surface area contributed by atoms with E-state index in [9.17, 15) is 14.7 Å². The second kappa shape index (κ2) is 4.49. The quantitative estimate of drug-likeness (QED) is 0.468. The van der Waals surface area contributed by atoms with Gasteiger partial charge < -0.3 is 26.0 Å². The summed E-state index contributed by atoms with van der Waals surface area (Å²) in [5, 5.41) is 12.1. The third kappa shape index (κ3) is 1.88. The Bertz CT molecular complexity index is 373. The minimum Gasteiger partial charge on any atom is -0.391 e. The number of rotatable bonds is 2. The molecule has 3 atom stereocenters. The molecular weight excluding hydrogens is 236 g/mol. The van der Waals surface area contributed by atoms with Gasteiger partial charge in [0.1, 0.15) is 6.04 Å². The first-order valence-corrected chi connectivity index (χ1v) is 6.10. The van der Waals surface area contributed by atoms with E-state index in [0.717, 1.165) is 0 Å². The Hall–Kier alpha value is -1.18. The van der Waals surface area contributed by atoms with Gasteiger partial charge in [-0.25, -0.2) is 0 Å². The minimum absolute atomic E-state index is 0.139. The first kappa shape index (κ1) is 13.3. The maximum atomic E-state index is 12.2. The maximum absolute atomic E-state index is 12.2. The summed E-state index contributed by atoms with van der Waals surface area (Å²) in [7, 11) is 1.92. The molecule has 0 aliphatic carbocycles. The molecule has 2 amide bonds. The standard InChI is InChI=1S/C11H20N4O3/c1-7(16)8(12)9(17)15-4-3-14(2)6-11(15)5-13-10(11)18/h7-8,16H,3-6,12H2,1-2H3,(H,13,18)/t7-,8+,11?/m0/s1. The number of β-lactam (4-membered cyclic amide) rings is 1. The van der Waals surface area contributed by atoms with Crippen LogP contribution in [0.25, 0.3) is 0 Å². The lowest BCUT2D eigenvalue weighted by molar-refractivity contribution is -0.163. The molecule has 102 valence electrons. The molecule has 0 saturated carbocycles. The van der Waals surface area contributed by atoms with Gasteiger partial charge in [0.05, 0.1) is 12.6 Å². The zero-order valence-corrected chi connectivity index (χ0v) is 10.7. The van der Waals surface area contributed by atoms with Gasteiger partial charge in [-0.05, 0) is 14.0 Å². The van der Waals surface area contributed by atoms with Crippen molar-refractivity contribution in [1.82, 2.24) is 15.1 Å². The van der Waals surface area contributed by atoms with Crippen LogP contribution < -0.4 is 11.1 Å². The van der Waals surface area contributed by atoms with Gasteiger partial charge in [-0.3, -0.25) is 9.59 Å². The van der Waals surface area contributed by atoms with Crippen molar-refractivity contribution in [3.8, 4) is 0 Å². The lowest BCUT2D eigenvalue weighted by atomic mass is 9.85. The monoisotopic (exact) mass is 256 g/mol. The smallest absolute Gasteiger partial charge is 0.249 e. The van der Waals surface area contributed by atoms with Crippen LogP contribution in [0, 0.1) is 0 Å². The van der Waals surface area contributed by atoms with Crippen LogP contribution in [0.4, 0.5) is 0 Å². The first-order valence-electron chi connectivity index (χ1n) is 6.10. The Kier molecular flexibility index (Phi) is 3.31. The molecule has 2 fully saturated rings. The van der Waals surface area contributed by atoms with E-state index in [2.05, 4.69) is 5.32 Å². The van der Waals surface area contributed by atoms with Crippen LogP contribution in [0.5, 0.6) is 0 Å². The molecule has 7 heteroatoms. The second-order valence-corrected chi connectivity index (χ2v) is 5.21. The van der Waals surface area contributed by atoms with Crippen LogP contribution in [0.2, 0.25) is 0 Å². The highest BCUT2D eigenvalue weighted by Crippen LogP contribution is 2.27. The van der Waals surface area contributed by atoms with Crippen LogP contribution in [-0.2, 0) is 9.59 Å². The molecule has 0 aromatic carbocycles. The van der Waals surface area contributed by atoms with Crippen molar-refractivity contribution in [2.24, 2.45) is 5.73 Å². The molecule has 2 aliphatic rings. The van der Waals surface area contributed by atoms with Gasteiger partial charge in [0.15, 0.2) is 5.54 Å². The molecule has 2 aliphatic heterocycles. The zero-order valence-electron chi connectivity index (χ0n) is 10.7. The van der Waals surface area contributed by atoms with E-state index in [1.807, 2.05) is 11.9 Å².